The van der Waals surface area contributed by atoms with Crippen molar-refractivity contribution in [1.29, 1.82) is 10.7 Å². The Morgan fingerprint density at radius 1 is 1.44 bits per heavy atom. The first-order valence-corrected chi connectivity index (χ1v) is 8.90. The van der Waals surface area contributed by atoms with Crippen molar-refractivity contribution in [1.82, 2.24) is 0 Å². The average Bonchev–Trinajstić information content (AvgIpc) is 2.59. The molecule has 3 atom stereocenters. The highest BCUT2D eigenvalue weighted by Gasteiger charge is 2.26. The van der Waals surface area contributed by atoms with E-state index in [-0.39, 0.29) is 18.2 Å². The number of hydrogen-bond donors (Lipinski definition) is 3. The van der Waals surface area contributed by atoms with Crippen molar-refractivity contribution in [3.63, 3.8) is 0 Å². The molecule has 1 rings (SSSR count). The molecule has 0 heterocycles. The molecule has 0 amide bonds. The normalized spacial score (nSPS) is 15.1. The summed E-state index contributed by atoms with van der Waals surface area (Å²) < 4.78 is 11.1. The van der Waals surface area contributed by atoms with Gasteiger partial charge < -0.3 is 25.7 Å². The molecule has 7 heteroatoms. The largest absolute Gasteiger partial charge is 0.483 e. The van der Waals surface area contributed by atoms with Gasteiger partial charge in [0.25, 0.3) is 0 Å². The zero-order valence-electron chi connectivity index (χ0n) is 16.5. The molecule has 3 unspecified atom stereocenters. The molecule has 0 aliphatic heterocycles. The van der Waals surface area contributed by atoms with Crippen molar-refractivity contribution < 1.29 is 14.6 Å². The molecule has 0 bridgehead atoms. The van der Waals surface area contributed by atoms with Gasteiger partial charge in [0.1, 0.15) is 0 Å². The maximum absolute atomic E-state index is 10.6. The van der Waals surface area contributed by atoms with Crippen LogP contribution in [0.3, 0.4) is 0 Å². The quantitative estimate of drug-likeness (QED) is 0.251. The minimum atomic E-state index is -1.01. The number of hydrogen-bond acceptors (Lipinski definition) is 7. The van der Waals surface area contributed by atoms with Gasteiger partial charge in [0.15, 0.2) is 18.7 Å². The van der Waals surface area contributed by atoms with Crippen molar-refractivity contribution >= 4 is 12.1 Å². The number of aliphatic hydroxyl groups is 1. The van der Waals surface area contributed by atoms with Crippen molar-refractivity contribution in [3.8, 4) is 6.07 Å². The molecular weight excluding hydrogens is 344 g/mol. The molecule has 27 heavy (non-hydrogen) atoms. The van der Waals surface area contributed by atoms with E-state index in [4.69, 9.17) is 25.9 Å². The van der Waals surface area contributed by atoms with Gasteiger partial charge in [-0.05, 0) is 45.2 Å². The molecule has 1 aromatic rings. The molecular formula is C20H30N4O3. The Balaban J connectivity index is 2.81. The van der Waals surface area contributed by atoms with Gasteiger partial charge >= 0.3 is 0 Å². The second-order valence-corrected chi connectivity index (χ2v) is 7.31. The molecule has 0 aromatic heterocycles. The van der Waals surface area contributed by atoms with Gasteiger partial charge in [-0.15, -0.1) is 0 Å². The molecule has 0 radical (unpaired) electrons. The van der Waals surface area contributed by atoms with Crippen LogP contribution in [0.2, 0.25) is 0 Å². The van der Waals surface area contributed by atoms with Gasteiger partial charge in [0.2, 0.25) is 0 Å². The van der Waals surface area contributed by atoms with Gasteiger partial charge in [-0.2, -0.15) is 5.26 Å². The number of aliphatic hydroxyl groups excluding tert-OH is 1. The SMILES string of the molecule is CC(=N)C(C#N)N=COCCC(c1cccc(CN)c1)C(O)OC(C)(C)C. The second kappa shape index (κ2) is 10.8. The van der Waals surface area contributed by atoms with E-state index in [1.165, 1.54) is 13.3 Å². The number of nitrogens with one attached hydrogen (secondary N) is 1. The van der Waals surface area contributed by atoms with E-state index in [1.807, 2.05) is 51.1 Å². The maximum atomic E-state index is 10.6. The van der Waals surface area contributed by atoms with Crippen LogP contribution in [0.15, 0.2) is 29.3 Å². The lowest BCUT2D eigenvalue weighted by Gasteiger charge is -2.30. The first-order valence-electron chi connectivity index (χ1n) is 8.90. The number of ether oxygens (including phenoxy) is 2. The van der Waals surface area contributed by atoms with E-state index in [2.05, 4.69) is 4.99 Å². The molecule has 0 saturated heterocycles. The van der Waals surface area contributed by atoms with Crippen LogP contribution in [0.4, 0.5) is 0 Å². The van der Waals surface area contributed by atoms with E-state index in [0.29, 0.717) is 13.0 Å². The Morgan fingerprint density at radius 2 is 2.15 bits per heavy atom. The van der Waals surface area contributed by atoms with Crippen LogP contribution in [-0.4, -0.2) is 41.8 Å². The Labute approximate surface area is 161 Å². The number of rotatable bonds is 10. The smallest absolute Gasteiger partial charge is 0.176 e. The zero-order valence-corrected chi connectivity index (χ0v) is 16.5. The van der Waals surface area contributed by atoms with Crippen molar-refractivity contribution in [3.05, 3.63) is 35.4 Å². The maximum Gasteiger partial charge on any atom is 0.176 e. The third-order valence-electron chi connectivity index (χ3n) is 3.80. The molecule has 0 spiro atoms. The molecule has 0 saturated carbocycles. The van der Waals surface area contributed by atoms with Gasteiger partial charge in [-0.25, -0.2) is 4.99 Å². The monoisotopic (exact) mass is 374 g/mol. The minimum absolute atomic E-state index is 0.155. The van der Waals surface area contributed by atoms with Crippen LogP contribution in [0.1, 0.15) is 51.2 Å². The summed E-state index contributed by atoms with van der Waals surface area (Å²) in [6, 6.07) is 8.79. The molecule has 0 aliphatic carbocycles. The summed E-state index contributed by atoms with van der Waals surface area (Å²) in [5, 5.41) is 26.9. The third kappa shape index (κ3) is 8.31. The summed E-state index contributed by atoms with van der Waals surface area (Å²) in [5.41, 5.74) is 7.28. The Bertz CT molecular complexity index is 677. The lowest BCUT2D eigenvalue weighted by molar-refractivity contribution is -0.178. The molecule has 1 aromatic carbocycles. The van der Waals surface area contributed by atoms with E-state index in [0.717, 1.165) is 11.1 Å². The highest BCUT2D eigenvalue weighted by Crippen LogP contribution is 2.28. The number of nitriles is 1. The summed E-state index contributed by atoms with van der Waals surface area (Å²) in [6.45, 7) is 7.86. The van der Waals surface area contributed by atoms with E-state index in [1.54, 1.807) is 0 Å². The van der Waals surface area contributed by atoms with Crippen molar-refractivity contribution in [2.45, 2.75) is 64.5 Å². The lowest BCUT2D eigenvalue weighted by atomic mass is 9.93. The van der Waals surface area contributed by atoms with Crippen LogP contribution >= 0.6 is 0 Å². The molecule has 4 N–H and O–H groups in total. The van der Waals surface area contributed by atoms with Gasteiger partial charge in [0.05, 0.1) is 18.3 Å². The van der Waals surface area contributed by atoms with Crippen LogP contribution in [0.25, 0.3) is 0 Å². The average molecular weight is 374 g/mol. The van der Waals surface area contributed by atoms with Crippen molar-refractivity contribution in [2.24, 2.45) is 10.7 Å². The predicted octanol–water partition coefficient (Wildman–Crippen LogP) is 2.73. The topological polar surface area (TPSA) is 125 Å². The van der Waals surface area contributed by atoms with Crippen LogP contribution < -0.4 is 5.73 Å². The van der Waals surface area contributed by atoms with Gasteiger partial charge in [0, 0.05) is 18.2 Å². The van der Waals surface area contributed by atoms with E-state index in [9.17, 15) is 5.11 Å². The number of benzene rings is 1. The summed E-state index contributed by atoms with van der Waals surface area (Å²) in [7, 11) is 0. The van der Waals surface area contributed by atoms with E-state index < -0.39 is 17.9 Å². The highest BCUT2D eigenvalue weighted by molar-refractivity contribution is 5.87. The second-order valence-electron chi connectivity index (χ2n) is 7.31. The fourth-order valence-electron chi connectivity index (χ4n) is 2.46. The number of aliphatic imine (C=N–C) groups is 1. The Kier molecular flexibility index (Phi) is 9.09. The van der Waals surface area contributed by atoms with Gasteiger partial charge in [-0.1, -0.05) is 24.3 Å². The first-order chi connectivity index (χ1) is 12.7. The summed E-state index contributed by atoms with van der Waals surface area (Å²) in [5.74, 6) is -0.305. The van der Waals surface area contributed by atoms with Crippen LogP contribution in [-0.2, 0) is 16.0 Å². The lowest BCUT2D eigenvalue weighted by Crippen LogP contribution is -2.32. The number of nitrogens with two attached hydrogens (primary N) is 1. The van der Waals surface area contributed by atoms with Crippen LogP contribution in [0, 0.1) is 16.7 Å². The third-order valence-corrected chi connectivity index (χ3v) is 3.80. The number of nitrogens with zero attached hydrogens (tertiary/aromatic N) is 2. The Morgan fingerprint density at radius 3 is 2.70 bits per heavy atom. The molecule has 148 valence electrons. The van der Waals surface area contributed by atoms with Crippen LogP contribution in [0.5, 0.6) is 0 Å². The summed E-state index contributed by atoms with van der Waals surface area (Å²) >= 11 is 0. The summed E-state index contributed by atoms with van der Waals surface area (Å²) in [6.07, 6.45) is 0.670. The molecule has 7 nitrogen and oxygen atoms in total. The van der Waals surface area contributed by atoms with Gasteiger partial charge in [-0.3, -0.25) is 0 Å². The fourth-order valence-corrected chi connectivity index (χ4v) is 2.46. The first kappa shape index (κ1) is 22.8. The predicted molar refractivity (Wildman–Crippen MR) is 106 cm³/mol. The van der Waals surface area contributed by atoms with E-state index >= 15 is 0 Å². The summed E-state index contributed by atoms with van der Waals surface area (Å²) in [4.78, 5) is 3.90. The molecule has 0 aliphatic rings. The fraction of sp³-hybridized carbons (Fsp3) is 0.550. The van der Waals surface area contributed by atoms with Crippen molar-refractivity contribution in [2.75, 3.05) is 6.61 Å². The Hall–Kier alpha value is -2.27. The zero-order chi connectivity index (χ0) is 20.4. The molecule has 0 fully saturated rings. The standard InChI is InChI=1S/C20H30N4O3/c1-14(23)18(12-22)24-13-26-9-8-17(19(25)27-20(2,3)4)16-7-5-6-15(10-16)11-21/h5-7,10,13,17-19,23,25H,8-9,11,21H2,1-4H3. The highest BCUT2D eigenvalue weighted by atomic mass is 16.6. The minimum Gasteiger partial charge on any atom is -0.483 e.